The standard InChI is InChI=1S/C29H25N3O3S/c30-36(34,35)26-17-11-21(12-18-26)19-20-32-28(23-9-5-2-6-10-23)27(22-7-3-1-4-8-22)31-29(32)24-13-15-25(33)16-14-24/h1-18,33H,19-20H2,(H2,30,34,35). The minimum absolute atomic E-state index is 0.0926. The Hall–Kier alpha value is -4.20. The number of phenolic OH excluding ortho intramolecular Hbond substituents is 1. The van der Waals surface area contributed by atoms with E-state index in [9.17, 15) is 13.5 Å². The Bertz CT molecular complexity index is 1580. The zero-order valence-electron chi connectivity index (χ0n) is 19.5. The zero-order valence-corrected chi connectivity index (χ0v) is 20.3. The lowest BCUT2D eigenvalue weighted by Gasteiger charge is -2.14. The molecule has 6 nitrogen and oxygen atoms in total. The molecule has 0 aliphatic rings. The van der Waals surface area contributed by atoms with E-state index in [2.05, 4.69) is 16.7 Å². The second kappa shape index (κ2) is 9.81. The first kappa shape index (κ1) is 23.5. The molecule has 0 aliphatic carbocycles. The van der Waals surface area contributed by atoms with Crippen LogP contribution < -0.4 is 5.14 Å². The lowest BCUT2D eigenvalue weighted by molar-refractivity contribution is 0.475. The van der Waals surface area contributed by atoms with E-state index in [4.69, 9.17) is 10.1 Å². The first-order chi connectivity index (χ1) is 17.4. The van der Waals surface area contributed by atoms with Crippen LogP contribution in [0.25, 0.3) is 33.9 Å². The maximum absolute atomic E-state index is 11.6. The summed E-state index contributed by atoms with van der Waals surface area (Å²) < 4.78 is 25.5. The molecule has 0 unspecified atom stereocenters. The number of aromatic nitrogens is 2. The fourth-order valence-corrected chi connectivity index (χ4v) is 4.79. The molecule has 3 N–H and O–H groups in total. The van der Waals surface area contributed by atoms with Gasteiger partial charge >= 0.3 is 0 Å². The van der Waals surface area contributed by atoms with Crippen molar-refractivity contribution in [2.24, 2.45) is 5.14 Å². The molecular weight excluding hydrogens is 470 g/mol. The van der Waals surface area contributed by atoms with Crippen molar-refractivity contribution in [3.8, 4) is 39.7 Å². The summed E-state index contributed by atoms with van der Waals surface area (Å²) in [6.07, 6.45) is 0.653. The van der Waals surface area contributed by atoms with Crippen molar-refractivity contribution >= 4 is 10.0 Å². The molecule has 0 radical (unpaired) electrons. The fourth-order valence-electron chi connectivity index (χ4n) is 4.27. The zero-order chi connectivity index (χ0) is 25.1. The topological polar surface area (TPSA) is 98.2 Å². The van der Waals surface area contributed by atoms with E-state index in [1.807, 2.05) is 60.7 Å². The Morgan fingerprint density at radius 3 is 1.89 bits per heavy atom. The summed E-state index contributed by atoms with van der Waals surface area (Å²) in [5, 5.41) is 15.1. The first-order valence-electron chi connectivity index (χ1n) is 11.5. The van der Waals surface area contributed by atoms with Gasteiger partial charge in [0.05, 0.1) is 16.3 Å². The van der Waals surface area contributed by atoms with E-state index < -0.39 is 10.0 Å². The summed E-state index contributed by atoms with van der Waals surface area (Å²) in [4.78, 5) is 5.19. The summed E-state index contributed by atoms with van der Waals surface area (Å²) in [6.45, 7) is 0.606. The number of aryl methyl sites for hydroxylation is 1. The lowest BCUT2D eigenvalue weighted by atomic mass is 10.0. The second-order valence-electron chi connectivity index (χ2n) is 8.50. The van der Waals surface area contributed by atoms with Gasteiger partial charge in [-0.05, 0) is 48.4 Å². The third kappa shape index (κ3) is 4.93. The van der Waals surface area contributed by atoms with Crippen LogP contribution in [0.4, 0.5) is 0 Å². The monoisotopic (exact) mass is 495 g/mol. The average Bonchev–Trinajstić information content (AvgIpc) is 3.28. The SMILES string of the molecule is NS(=O)(=O)c1ccc(CCn2c(-c3ccc(O)cc3)nc(-c3ccccc3)c2-c2ccccc2)cc1. The van der Waals surface area contributed by atoms with Gasteiger partial charge in [-0.1, -0.05) is 72.8 Å². The molecule has 0 atom stereocenters. The van der Waals surface area contributed by atoms with E-state index in [1.54, 1.807) is 24.3 Å². The van der Waals surface area contributed by atoms with Crippen molar-refractivity contribution in [1.29, 1.82) is 0 Å². The van der Waals surface area contributed by atoms with Crippen LogP contribution in [-0.4, -0.2) is 23.1 Å². The fraction of sp³-hybridized carbons (Fsp3) is 0.0690. The minimum Gasteiger partial charge on any atom is -0.508 e. The number of hydrogen-bond donors (Lipinski definition) is 2. The van der Waals surface area contributed by atoms with Gasteiger partial charge in [-0.15, -0.1) is 0 Å². The van der Waals surface area contributed by atoms with Crippen LogP contribution in [0.3, 0.4) is 0 Å². The number of nitrogens with zero attached hydrogens (tertiary/aromatic N) is 2. The number of hydrogen-bond acceptors (Lipinski definition) is 4. The van der Waals surface area contributed by atoms with E-state index in [1.165, 1.54) is 12.1 Å². The second-order valence-corrected chi connectivity index (χ2v) is 10.1. The van der Waals surface area contributed by atoms with Crippen molar-refractivity contribution in [2.45, 2.75) is 17.9 Å². The Morgan fingerprint density at radius 2 is 1.31 bits per heavy atom. The molecule has 0 bridgehead atoms. The highest BCUT2D eigenvalue weighted by molar-refractivity contribution is 7.89. The molecule has 36 heavy (non-hydrogen) atoms. The maximum Gasteiger partial charge on any atom is 0.238 e. The number of aromatic hydroxyl groups is 1. The molecule has 5 rings (SSSR count). The van der Waals surface area contributed by atoms with Gasteiger partial charge in [0.25, 0.3) is 0 Å². The third-order valence-electron chi connectivity index (χ3n) is 6.06. The van der Waals surface area contributed by atoms with Crippen LogP contribution in [0.5, 0.6) is 5.75 Å². The Morgan fingerprint density at radius 1 is 0.722 bits per heavy atom. The van der Waals surface area contributed by atoms with Gasteiger partial charge in [-0.2, -0.15) is 0 Å². The predicted octanol–water partition coefficient (Wildman–Crippen LogP) is 5.48. The Labute approximate surface area is 210 Å². The van der Waals surface area contributed by atoms with Gasteiger partial charge in [0.15, 0.2) is 0 Å². The smallest absolute Gasteiger partial charge is 0.238 e. The van der Waals surface area contributed by atoms with Gasteiger partial charge in [0.1, 0.15) is 11.6 Å². The molecule has 0 saturated carbocycles. The molecule has 0 aliphatic heterocycles. The van der Waals surface area contributed by atoms with Crippen LogP contribution in [0, 0.1) is 0 Å². The van der Waals surface area contributed by atoms with Crippen LogP contribution in [-0.2, 0) is 23.0 Å². The van der Waals surface area contributed by atoms with Crippen LogP contribution in [0.1, 0.15) is 5.56 Å². The molecule has 7 heteroatoms. The van der Waals surface area contributed by atoms with Gasteiger partial charge in [0, 0.05) is 23.2 Å². The molecule has 0 amide bonds. The number of nitrogens with two attached hydrogens (primary N) is 1. The van der Waals surface area contributed by atoms with Crippen molar-refractivity contribution in [3.63, 3.8) is 0 Å². The summed E-state index contributed by atoms with van der Waals surface area (Å²) in [5.74, 6) is 0.979. The maximum atomic E-state index is 11.6. The van der Waals surface area contributed by atoms with Gasteiger partial charge in [0.2, 0.25) is 10.0 Å². The molecule has 0 spiro atoms. The highest BCUT2D eigenvalue weighted by Gasteiger charge is 2.21. The number of sulfonamides is 1. The molecular formula is C29H25N3O3S. The van der Waals surface area contributed by atoms with Crippen LogP contribution in [0.15, 0.2) is 114 Å². The van der Waals surface area contributed by atoms with Crippen molar-refractivity contribution < 1.29 is 13.5 Å². The average molecular weight is 496 g/mol. The highest BCUT2D eigenvalue weighted by atomic mass is 32.2. The van der Waals surface area contributed by atoms with E-state index in [0.717, 1.165) is 39.5 Å². The largest absolute Gasteiger partial charge is 0.508 e. The number of imidazole rings is 1. The molecule has 4 aromatic carbocycles. The summed E-state index contributed by atoms with van der Waals surface area (Å²) >= 11 is 0. The highest BCUT2D eigenvalue weighted by Crippen LogP contribution is 2.36. The summed E-state index contributed by atoms with van der Waals surface area (Å²) in [5.41, 5.74) is 5.77. The van der Waals surface area contributed by atoms with Gasteiger partial charge in [-0.3, -0.25) is 0 Å². The predicted molar refractivity (Wildman–Crippen MR) is 142 cm³/mol. The Kier molecular flexibility index (Phi) is 6.41. The molecule has 0 fully saturated rings. The lowest BCUT2D eigenvalue weighted by Crippen LogP contribution is -2.12. The summed E-state index contributed by atoms with van der Waals surface area (Å²) in [7, 11) is -3.74. The van der Waals surface area contributed by atoms with Gasteiger partial charge in [-0.25, -0.2) is 18.5 Å². The van der Waals surface area contributed by atoms with E-state index in [-0.39, 0.29) is 10.6 Å². The van der Waals surface area contributed by atoms with Crippen LogP contribution >= 0.6 is 0 Å². The first-order valence-corrected chi connectivity index (χ1v) is 13.1. The summed E-state index contributed by atoms with van der Waals surface area (Å²) in [6, 6.07) is 33.9. The van der Waals surface area contributed by atoms with Crippen molar-refractivity contribution in [3.05, 3.63) is 115 Å². The van der Waals surface area contributed by atoms with Gasteiger partial charge < -0.3 is 9.67 Å². The van der Waals surface area contributed by atoms with Crippen LogP contribution in [0.2, 0.25) is 0 Å². The Balaban J connectivity index is 1.64. The molecule has 0 saturated heterocycles. The van der Waals surface area contributed by atoms with E-state index in [0.29, 0.717) is 13.0 Å². The molecule has 1 aromatic heterocycles. The van der Waals surface area contributed by atoms with E-state index >= 15 is 0 Å². The molecule has 180 valence electrons. The number of rotatable bonds is 7. The number of primary sulfonamides is 1. The number of benzene rings is 4. The third-order valence-corrected chi connectivity index (χ3v) is 6.99. The van der Waals surface area contributed by atoms with Crippen molar-refractivity contribution in [2.75, 3.05) is 0 Å². The number of phenols is 1. The quantitative estimate of drug-likeness (QED) is 0.312. The van der Waals surface area contributed by atoms with Crippen molar-refractivity contribution in [1.82, 2.24) is 9.55 Å². The molecule has 5 aromatic rings. The normalized spacial score (nSPS) is 11.5. The minimum atomic E-state index is -3.74. The molecule has 1 heterocycles.